The normalized spacial score (nSPS) is 12.3. The van der Waals surface area contributed by atoms with E-state index < -0.39 is 16.1 Å². The first-order valence-electron chi connectivity index (χ1n) is 12.6. The highest BCUT2D eigenvalue weighted by Crippen LogP contribution is 2.25. The lowest BCUT2D eigenvalue weighted by molar-refractivity contribution is -0.141. The van der Waals surface area contributed by atoms with Crippen molar-refractivity contribution < 1.29 is 18.0 Å². The van der Waals surface area contributed by atoms with Gasteiger partial charge in [0.15, 0.2) is 0 Å². The van der Waals surface area contributed by atoms with E-state index in [1.807, 2.05) is 83.1 Å². The molecule has 0 bridgehead atoms. The Labute approximate surface area is 216 Å². The van der Waals surface area contributed by atoms with E-state index in [0.717, 1.165) is 16.7 Å². The number of carbonyl (C=O) groups excluding carboxylic acids is 2. The molecule has 8 heteroatoms. The standard InChI is InChI=1S/C28H41N3O4S/c1-7-25(28(33)29-19-21(2)3)30(20-24-12-9-8-10-13-24)27(32)14-11-17-31(36(6,34)35)26-18-22(4)15-16-23(26)5/h8-10,12-13,15-16,18,21,25H,7,11,14,17,19-20H2,1-6H3,(H,29,33)/t25-/m1/s1. The van der Waals surface area contributed by atoms with E-state index >= 15 is 0 Å². The number of carbonyl (C=O) groups is 2. The summed E-state index contributed by atoms with van der Waals surface area (Å²) >= 11 is 0. The Balaban J connectivity index is 2.21. The summed E-state index contributed by atoms with van der Waals surface area (Å²) in [4.78, 5) is 28.1. The highest BCUT2D eigenvalue weighted by Gasteiger charge is 2.29. The topological polar surface area (TPSA) is 86.8 Å². The van der Waals surface area contributed by atoms with Crippen molar-refractivity contribution in [2.24, 2.45) is 5.92 Å². The van der Waals surface area contributed by atoms with Gasteiger partial charge < -0.3 is 10.2 Å². The van der Waals surface area contributed by atoms with Crippen LogP contribution < -0.4 is 9.62 Å². The number of sulfonamides is 1. The molecule has 0 radical (unpaired) electrons. The van der Waals surface area contributed by atoms with Gasteiger partial charge in [0.1, 0.15) is 6.04 Å². The molecule has 0 unspecified atom stereocenters. The quantitative estimate of drug-likeness (QED) is 0.428. The summed E-state index contributed by atoms with van der Waals surface area (Å²) in [6.45, 7) is 10.8. The Morgan fingerprint density at radius 3 is 2.28 bits per heavy atom. The van der Waals surface area contributed by atoms with Crippen LogP contribution in [0.25, 0.3) is 0 Å². The van der Waals surface area contributed by atoms with Gasteiger partial charge in [-0.2, -0.15) is 0 Å². The minimum absolute atomic E-state index is 0.137. The lowest BCUT2D eigenvalue weighted by atomic mass is 10.1. The van der Waals surface area contributed by atoms with Gasteiger partial charge in [-0.1, -0.05) is 63.2 Å². The molecule has 0 saturated heterocycles. The minimum Gasteiger partial charge on any atom is -0.354 e. The van der Waals surface area contributed by atoms with Crippen LogP contribution in [0.2, 0.25) is 0 Å². The number of nitrogens with one attached hydrogen (secondary N) is 1. The Morgan fingerprint density at radius 2 is 1.69 bits per heavy atom. The summed E-state index contributed by atoms with van der Waals surface area (Å²) in [6.07, 6.45) is 2.15. The molecule has 1 atom stereocenters. The van der Waals surface area contributed by atoms with Crippen molar-refractivity contribution in [2.45, 2.75) is 66.5 Å². The molecule has 0 aliphatic heterocycles. The van der Waals surface area contributed by atoms with Crippen molar-refractivity contribution in [3.05, 3.63) is 65.2 Å². The van der Waals surface area contributed by atoms with Crippen molar-refractivity contribution in [1.82, 2.24) is 10.2 Å². The third-order valence-electron chi connectivity index (χ3n) is 6.05. The average molecular weight is 516 g/mol. The molecule has 0 spiro atoms. The molecule has 0 saturated carbocycles. The summed E-state index contributed by atoms with van der Waals surface area (Å²) in [7, 11) is -3.53. The maximum Gasteiger partial charge on any atom is 0.242 e. The SMILES string of the molecule is CC[C@H](C(=O)NCC(C)C)N(Cc1ccccc1)C(=O)CCCN(c1cc(C)ccc1C)S(C)(=O)=O. The van der Waals surface area contributed by atoms with E-state index in [4.69, 9.17) is 0 Å². The van der Waals surface area contributed by atoms with E-state index in [0.29, 0.717) is 37.5 Å². The highest BCUT2D eigenvalue weighted by atomic mass is 32.2. The first-order chi connectivity index (χ1) is 16.9. The number of nitrogens with zero attached hydrogens (tertiary/aromatic N) is 2. The van der Waals surface area contributed by atoms with E-state index in [1.165, 1.54) is 10.6 Å². The molecule has 0 heterocycles. The zero-order chi connectivity index (χ0) is 26.9. The number of hydrogen-bond acceptors (Lipinski definition) is 4. The summed E-state index contributed by atoms with van der Waals surface area (Å²) < 4.78 is 26.6. The highest BCUT2D eigenvalue weighted by molar-refractivity contribution is 7.92. The molecule has 2 amide bonds. The smallest absolute Gasteiger partial charge is 0.242 e. The molecule has 2 aromatic rings. The maximum absolute atomic E-state index is 13.5. The van der Waals surface area contributed by atoms with Gasteiger partial charge in [0.05, 0.1) is 11.9 Å². The van der Waals surface area contributed by atoms with Crippen LogP contribution in [0.1, 0.15) is 56.7 Å². The molecule has 2 rings (SSSR count). The number of anilines is 1. The van der Waals surface area contributed by atoms with Crippen LogP contribution in [0.4, 0.5) is 5.69 Å². The average Bonchev–Trinajstić information content (AvgIpc) is 2.81. The Morgan fingerprint density at radius 1 is 1.03 bits per heavy atom. The Bertz CT molecular complexity index is 1120. The van der Waals surface area contributed by atoms with E-state index in [-0.39, 0.29) is 24.8 Å². The third kappa shape index (κ3) is 8.66. The van der Waals surface area contributed by atoms with Gasteiger partial charge in [-0.25, -0.2) is 8.42 Å². The fourth-order valence-electron chi connectivity index (χ4n) is 4.09. The van der Waals surface area contributed by atoms with Crippen LogP contribution in [0.15, 0.2) is 48.5 Å². The monoisotopic (exact) mass is 515 g/mol. The molecule has 0 fully saturated rings. The fraction of sp³-hybridized carbons (Fsp3) is 0.500. The second kappa shape index (κ2) is 13.4. The van der Waals surface area contributed by atoms with Gasteiger partial charge in [0.2, 0.25) is 21.8 Å². The molecular weight excluding hydrogens is 474 g/mol. The van der Waals surface area contributed by atoms with Crippen molar-refractivity contribution in [3.63, 3.8) is 0 Å². The second-order valence-corrected chi connectivity index (χ2v) is 11.7. The van der Waals surface area contributed by atoms with Gasteiger partial charge in [-0.15, -0.1) is 0 Å². The predicted octanol–water partition coefficient (Wildman–Crippen LogP) is 4.43. The lowest BCUT2D eigenvalue weighted by Crippen LogP contribution is -2.49. The number of aryl methyl sites for hydroxylation is 2. The zero-order valence-electron chi connectivity index (χ0n) is 22.5. The van der Waals surface area contributed by atoms with Gasteiger partial charge >= 0.3 is 0 Å². The first kappa shape index (κ1) is 29.4. The number of rotatable bonds is 13. The van der Waals surface area contributed by atoms with Crippen LogP contribution in [0, 0.1) is 19.8 Å². The predicted molar refractivity (Wildman–Crippen MR) is 146 cm³/mol. The first-order valence-corrected chi connectivity index (χ1v) is 14.4. The molecule has 0 aliphatic carbocycles. The minimum atomic E-state index is -3.53. The molecular formula is C28H41N3O4S. The van der Waals surface area contributed by atoms with Crippen LogP contribution in [-0.2, 0) is 26.2 Å². The Hall–Kier alpha value is -2.87. The molecule has 0 aliphatic rings. The molecule has 0 aromatic heterocycles. The fourth-order valence-corrected chi connectivity index (χ4v) is 5.11. The second-order valence-electron chi connectivity index (χ2n) is 9.80. The van der Waals surface area contributed by atoms with Gasteiger partial charge in [0, 0.05) is 26.1 Å². The molecule has 1 N–H and O–H groups in total. The summed E-state index contributed by atoms with van der Waals surface area (Å²) in [5.41, 5.74) is 3.39. The van der Waals surface area contributed by atoms with E-state index in [2.05, 4.69) is 5.32 Å². The molecule has 7 nitrogen and oxygen atoms in total. The molecule has 2 aromatic carbocycles. The van der Waals surface area contributed by atoms with Crippen molar-refractivity contribution in [1.29, 1.82) is 0 Å². The van der Waals surface area contributed by atoms with Gasteiger partial charge in [-0.05, 0) is 55.4 Å². The van der Waals surface area contributed by atoms with Crippen molar-refractivity contribution >= 4 is 27.5 Å². The van der Waals surface area contributed by atoms with Crippen molar-refractivity contribution in [3.8, 4) is 0 Å². The number of amides is 2. The van der Waals surface area contributed by atoms with Gasteiger partial charge in [0.25, 0.3) is 0 Å². The lowest BCUT2D eigenvalue weighted by Gasteiger charge is -2.31. The van der Waals surface area contributed by atoms with Crippen LogP contribution in [0.3, 0.4) is 0 Å². The molecule has 36 heavy (non-hydrogen) atoms. The van der Waals surface area contributed by atoms with Crippen molar-refractivity contribution in [2.75, 3.05) is 23.7 Å². The van der Waals surface area contributed by atoms with Crippen LogP contribution in [-0.4, -0.2) is 50.5 Å². The van der Waals surface area contributed by atoms with E-state index in [9.17, 15) is 18.0 Å². The van der Waals surface area contributed by atoms with Crippen LogP contribution >= 0.6 is 0 Å². The number of benzene rings is 2. The van der Waals surface area contributed by atoms with Gasteiger partial charge in [-0.3, -0.25) is 13.9 Å². The molecule has 198 valence electrons. The number of hydrogen-bond donors (Lipinski definition) is 1. The van der Waals surface area contributed by atoms with E-state index in [1.54, 1.807) is 4.90 Å². The zero-order valence-corrected chi connectivity index (χ0v) is 23.3. The third-order valence-corrected chi connectivity index (χ3v) is 7.23. The maximum atomic E-state index is 13.5. The summed E-state index contributed by atoms with van der Waals surface area (Å²) in [5, 5.41) is 2.96. The Kier molecular flexibility index (Phi) is 11.0. The summed E-state index contributed by atoms with van der Waals surface area (Å²) in [5.74, 6) is -0.0276. The summed E-state index contributed by atoms with van der Waals surface area (Å²) in [6, 6.07) is 14.7. The largest absolute Gasteiger partial charge is 0.354 e. The van der Waals surface area contributed by atoms with Crippen LogP contribution in [0.5, 0.6) is 0 Å².